The number of hydrogen-bond acceptors (Lipinski definition) is 3. The van der Waals surface area contributed by atoms with Gasteiger partial charge in [-0.15, -0.1) is 0 Å². The van der Waals surface area contributed by atoms with E-state index < -0.39 is 0 Å². The summed E-state index contributed by atoms with van der Waals surface area (Å²) in [5.74, 6) is 0.682. The highest BCUT2D eigenvalue weighted by Crippen LogP contribution is 2.17. The molecule has 0 aliphatic carbocycles. The molecule has 0 saturated carbocycles. The first-order valence-electron chi connectivity index (χ1n) is 5.35. The van der Waals surface area contributed by atoms with E-state index in [4.69, 9.17) is 4.74 Å². The Hall–Kier alpha value is -1.90. The molecule has 0 bridgehead atoms. The molecule has 82 valence electrons. The Morgan fingerprint density at radius 1 is 1.19 bits per heavy atom. The normalized spacial score (nSPS) is 10.1. The highest BCUT2D eigenvalue weighted by atomic mass is 16.5. The van der Waals surface area contributed by atoms with Crippen molar-refractivity contribution < 1.29 is 4.74 Å². The van der Waals surface area contributed by atoms with Gasteiger partial charge in [-0.25, -0.2) is 9.97 Å². The molecule has 16 heavy (non-hydrogen) atoms. The maximum Gasteiger partial charge on any atom is 0.219 e. The van der Waals surface area contributed by atoms with Crippen molar-refractivity contribution in [2.75, 3.05) is 6.61 Å². The molecular formula is C13H14N2O. The van der Waals surface area contributed by atoms with Crippen LogP contribution >= 0.6 is 0 Å². The highest BCUT2D eigenvalue weighted by Gasteiger charge is 2.05. The van der Waals surface area contributed by atoms with Crippen LogP contribution in [0, 0.1) is 0 Å². The van der Waals surface area contributed by atoms with Crippen molar-refractivity contribution in [2.45, 2.75) is 13.3 Å². The van der Waals surface area contributed by atoms with Gasteiger partial charge >= 0.3 is 0 Å². The van der Waals surface area contributed by atoms with Crippen LogP contribution in [0.2, 0.25) is 0 Å². The van der Waals surface area contributed by atoms with Crippen molar-refractivity contribution in [1.82, 2.24) is 9.97 Å². The Labute approximate surface area is 95.1 Å². The minimum absolute atomic E-state index is 0.624. The Bertz CT molecular complexity index is 443. The van der Waals surface area contributed by atoms with Gasteiger partial charge in [-0.2, -0.15) is 0 Å². The van der Waals surface area contributed by atoms with E-state index in [2.05, 4.69) is 22.1 Å². The van der Waals surface area contributed by atoms with Gasteiger partial charge in [0.15, 0.2) is 0 Å². The van der Waals surface area contributed by atoms with Gasteiger partial charge in [-0.05, 0) is 12.5 Å². The van der Waals surface area contributed by atoms with Crippen molar-refractivity contribution in [3.05, 3.63) is 54.0 Å². The molecule has 3 nitrogen and oxygen atoms in total. The summed E-state index contributed by atoms with van der Waals surface area (Å²) in [6.07, 6.45) is 4.13. The average Bonchev–Trinajstić information content (AvgIpc) is 2.33. The Morgan fingerprint density at radius 3 is 2.75 bits per heavy atom. The zero-order chi connectivity index (χ0) is 11.2. The Balaban J connectivity index is 2.21. The fourth-order valence-corrected chi connectivity index (χ4v) is 1.55. The molecule has 0 aliphatic heterocycles. The van der Waals surface area contributed by atoms with Crippen LogP contribution in [-0.2, 0) is 6.42 Å². The van der Waals surface area contributed by atoms with E-state index in [1.165, 1.54) is 11.9 Å². The smallest absolute Gasteiger partial charge is 0.219 e. The maximum atomic E-state index is 5.46. The molecule has 2 rings (SSSR count). The Morgan fingerprint density at radius 2 is 2.00 bits per heavy atom. The third-order valence-corrected chi connectivity index (χ3v) is 2.27. The van der Waals surface area contributed by atoms with Gasteiger partial charge in [-0.1, -0.05) is 30.3 Å². The molecule has 0 spiro atoms. The van der Waals surface area contributed by atoms with Crippen molar-refractivity contribution in [3.63, 3.8) is 0 Å². The molecule has 0 radical (unpaired) electrons. The number of benzene rings is 1. The average molecular weight is 214 g/mol. The number of hydrogen-bond donors (Lipinski definition) is 0. The van der Waals surface area contributed by atoms with Gasteiger partial charge < -0.3 is 4.74 Å². The summed E-state index contributed by atoms with van der Waals surface area (Å²) in [6, 6.07) is 10.2. The van der Waals surface area contributed by atoms with Gasteiger partial charge in [-0.3, -0.25) is 0 Å². The molecule has 1 aromatic heterocycles. The third-order valence-electron chi connectivity index (χ3n) is 2.27. The van der Waals surface area contributed by atoms with Gasteiger partial charge in [0, 0.05) is 18.2 Å². The van der Waals surface area contributed by atoms with Crippen molar-refractivity contribution in [1.29, 1.82) is 0 Å². The van der Waals surface area contributed by atoms with Crippen molar-refractivity contribution >= 4 is 0 Å². The van der Waals surface area contributed by atoms with Crippen LogP contribution in [0.4, 0.5) is 0 Å². The zero-order valence-electron chi connectivity index (χ0n) is 9.26. The summed E-state index contributed by atoms with van der Waals surface area (Å²) in [5, 5.41) is 0. The van der Waals surface area contributed by atoms with Gasteiger partial charge in [0.25, 0.3) is 0 Å². The molecule has 0 atom stereocenters. The van der Waals surface area contributed by atoms with E-state index in [0.29, 0.717) is 12.5 Å². The standard InChI is InChI=1S/C13H14N2O/c1-2-16-13-12(9-14-10-15-13)8-11-6-4-3-5-7-11/h3-7,9-10H,2,8H2,1H3. The van der Waals surface area contributed by atoms with Gasteiger partial charge in [0.05, 0.1) is 6.61 Å². The number of nitrogens with zero attached hydrogens (tertiary/aromatic N) is 2. The van der Waals surface area contributed by atoms with E-state index in [9.17, 15) is 0 Å². The van der Waals surface area contributed by atoms with Crippen LogP contribution < -0.4 is 4.74 Å². The maximum absolute atomic E-state index is 5.46. The van der Waals surface area contributed by atoms with E-state index in [1.54, 1.807) is 0 Å². The lowest BCUT2D eigenvalue weighted by molar-refractivity contribution is 0.322. The van der Waals surface area contributed by atoms with Crippen LogP contribution in [0.3, 0.4) is 0 Å². The molecule has 0 N–H and O–H groups in total. The topological polar surface area (TPSA) is 35.0 Å². The second-order valence-electron chi connectivity index (χ2n) is 3.45. The number of aromatic nitrogens is 2. The predicted octanol–water partition coefficient (Wildman–Crippen LogP) is 2.47. The van der Waals surface area contributed by atoms with Gasteiger partial charge in [0.1, 0.15) is 6.33 Å². The lowest BCUT2D eigenvalue weighted by Crippen LogP contribution is -2.00. The summed E-state index contributed by atoms with van der Waals surface area (Å²) in [7, 11) is 0. The lowest BCUT2D eigenvalue weighted by atomic mass is 10.1. The number of rotatable bonds is 4. The zero-order valence-corrected chi connectivity index (χ0v) is 9.26. The largest absolute Gasteiger partial charge is 0.478 e. The van der Waals surface area contributed by atoms with Crippen LogP contribution in [0.1, 0.15) is 18.1 Å². The lowest BCUT2D eigenvalue weighted by Gasteiger charge is -2.07. The summed E-state index contributed by atoms with van der Waals surface area (Å²) in [5.41, 5.74) is 2.26. The monoisotopic (exact) mass is 214 g/mol. The van der Waals surface area contributed by atoms with E-state index >= 15 is 0 Å². The van der Waals surface area contributed by atoms with E-state index in [0.717, 1.165) is 12.0 Å². The van der Waals surface area contributed by atoms with Crippen molar-refractivity contribution in [3.8, 4) is 5.88 Å². The van der Waals surface area contributed by atoms with Crippen LogP contribution in [0.15, 0.2) is 42.9 Å². The second kappa shape index (κ2) is 5.26. The third kappa shape index (κ3) is 2.57. The molecule has 1 aromatic carbocycles. The van der Waals surface area contributed by atoms with E-state index in [-0.39, 0.29) is 0 Å². The molecule has 0 unspecified atom stereocenters. The number of ether oxygens (including phenoxy) is 1. The summed E-state index contributed by atoms with van der Waals surface area (Å²) in [4.78, 5) is 8.16. The molecule has 0 fully saturated rings. The molecule has 2 aromatic rings. The summed E-state index contributed by atoms with van der Waals surface area (Å²) < 4.78 is 5.46. The SMILES string of the molecule is CCOc1ncncc1Cc1ccccc1. The first kappa shape index (κ1) is 10.6. The molecule has 0 saturated heterocycles. The van der Waals surface area contributed by atoms with Crippen molar-refractivity contribution in [2.24, 2.45) is 0 Å². The van der Waals surface area contributed by atoms with Crippen LogP contribution in [-0.4, -0.2) is 16.6 Å². The highest BCUT2D eigenvalue weighted by molar-refractivity contribution is 5.30. The van der Waals surface area contributed by atoms with Crippen LogP contribution in [0.5, 0.6) is 5.88 Å². The minimum Gasteiger partial charge on any atom is -0.478 e. The molecule has 3 heteroatoms. The minimum atomic E-state index is 0.624. The first-order valence-corrected chi connectivity index (χ1v) is 5.35. The van der Waals surface area contributed by atoms with Crippen LogP contribution in [0.25, 0.3) is 0 Å². The van der Waals surface area contributed by atoms with E-state index in [1.807, 2.05) is 31.3 Å². The fraction of sp³-hybridized carbons (Fsp3) is 0.231. The summed E-state index contributed by atoms with van der Waals surface area (Å²) >= 11 is 0. The second-order valence-corrected chi connectivity index (χ2v) is 3.45. The first-order chi connectivity index (χ1) is 7.90. The molecule has 1 heterocycles. The predicted molar refractivity (Wildman–Crippen MR) is 62.4 cm³/mol. The quantitative estimate of drug-likeness (QED) is 0.784. The Kier molecular flexibility index (Phi) is 3.49. The summed E-state index contributed by atoms with van der Waals surface area (Å²) in [6.45, 7) is 2.58. The van der Waals surface area contributed by atoms with Gasteiger partial charge in [0.2, 0.25) is 5.88 Å². The fourth-order valence-electron chi connectivity index (χ4n) is 1.55. The molecular weight excluding hydrogens is 200 g/mol. The molecule has 0 aliphatic rings. The molecule has 0 amide bonds.